The average Bonchev–Trinajstić information content (AvgIpc) is 3.22. The van der Waals surface area contributed by atoms with Gasteiger partial charge in [0.15, 0.2) is 5.11 Å². The van der Waals surface area contributed by atoms with Crippen molar-refractivity contribution in [3.8, 4) is 5.75 Å². The average molecular weight is 392 g/mol. The summed E-state index contributed by atoms with van der Waals surface area (Å²) in [5, 5.41) is 9.47. The molecule has 26 heavy (non-hydrogen) atoms. The van der Waals surface area contributed by atoms with Gasteiger partial charge in [0.2, 0.25) is 0 Å². The summed E-state index contributed by atoms with van der Waals surface area (Å²) < 4.78 is 10.7. The summed E-state index contributed by atoms with van der Waals surface area (Å²) in [5.74, 6) is 0.860. The van der Waals surface area contributed by atoms with Crippen LogP contribution in [0.25, 0.3) is 0 Å². The molecule has 0 saturated carbocycles. The van der Waals surface area contributed by atoms with Crippen LogP contribution in [0.15, 0.2) is 41.8 Å². The Labute approximate surface area is 164 Å². The van der Waals surface area contributed by atoms with Gasteiger partial charge in [-0.25, -0.2) is 0 Å². The van der Waals surface area contributed by atoms with Crippen molar-refractivity contribution in [1.82, 2.24) is 15.5 Å². The first kappa shape index (κ1) is 19.1. The molecule has 5 nitrogen and oxygen atoms in total. The quantitative estimate of drug-likeness (QED) is 0.708. The van der Waals surface area contributed by atoms with Crippen LogP contribution in [0.1, 0.15) is 16.5 Å². The van der Waals surface area contributed by atoms with Gasteiger partial charge in [0, 0.05) is 31.1 Å². The van der Waals surface area contributed by atoms with Crippen molar-refractivity contribution in [2.45, 2.75) is 12.6 Å². The van der Waals surface area contributed by atoms with Gasteiger partial charge < -0.3 is 20.1 Å². The third-order valence-electron chi connectivity index (χ3n) is 4.43. The number of thiophene rings is 1. The van der Waals surface area contributed by atoms with Crippen molar-refractivity contribution < 1.29 is 9.47 Å². The number of nitrogens with zero attached hydrogens (tertiary/aromatic N) is 1. The van der Waals surface area contributed by atoms with E-state index in [2.05, 4.69) is 33.0 Å². The largest absolute Gasteiger partial charge is 0.497 e. The zero-order valence-electron chi connectivity index (χ0n) is 14.9. The van der Waals surface area contributed by atoms with Gasteiger partial charge in [-0.3, -0.25) is 4.90 Å². The molecule has 0 aliphatic carbocycles. The van der Waals surface area contributed by atoms with Crippen molar-refractivity contribution >= 4 is 28.7 Å². The van der Waals surface area contributed by atoms with E-state index in [1.807, 2.05) is 24.3 Å². The molecular weight excluding hydrogens is 366 g/mol. The van der Waals surface area contributed by atoms with Crippen LogP contribution in [0.4, 0.5) is 0 Å². The Balaban J connectivity index is 1.50. The van der Waals surface area contributed by atoms with E-state index >= 15 is 0 Å². The first-order valence-electron chi connectivity index (χ1n) is 8.76. The van der Waals surface area contributed by atoms with Gasteiger partial charge in [0.1, 0.15) is 5.75 Å². The summed E-state index contributed by atoms with van der Waals surface area (Å²) in [6, 6.07) is 12.6. The maximum atomic E-state index is 5.49. The molecule has 7 heteroatoms. The SMILES string of the molecule is COc1ccc(CNC(=S)NC[C@H](c2cccs2)N2CCOCC2)cc1. The third-order valence-corrected chi connectivity index (χ3v) is 5.69. The van der Waals surface area contributed by atoms with E-state index in [0.29, 0.717) is 17.7 Å². The van der Waals surface area contributed by atoms with Crippen molar-refractivity contribution in [2.24, 2.45) is 0 Å². The molecule has 3 rings (SSSR count). The number of thiocarbonyl (C=S) groups is 1. The molecule has 1 fully saturated rings. The molecule has 1 aliphatic heterocycles. The number of hydrogen-bond acceptors (Lipinski definition) is 5. The molecule has 0 unspecified atom stereocenters. The van der Waals surface area contributed by atoms with Crippen LogP contribution >= 0.6 is 23.6 Å². The lowest BCUT2D eigenvalue weighted by molar-refractivity contribution is 0.0177. The van der Waals surface area contributed by atoms with Crippen molar-refractivity contribution in [3.05, 3.63) is 52.2 Å². The topological polar surface area (TPSA) is 45.8 Å². The fourth-order valence-electron chi connectivity index (χ4n) is 2.96. The molecule has 1 aliphatic rings. The lowest BCUT2D eigenvalue weighted by Gasteiger charge is -2.34. The molecule has 2 heterocycles. The van der Waals surface area contributed by atoms with Crippen LogP contribution in [0.3, 0.4) is 0 Å². The molecule has 1 atom stereocenters. The second-order valence-electron chi connectivity index (χ2n) is 6.09. The maximum absolute atomic E-state index is 5.49. The molecule has 0 spiro atoms. The number of ether oxygens (including phenoxy) is 2. The fourth-order valence-corrected chi connectivity index (χ4v) is 3.97. The molecule has 2 aromatic rings. The zero-order valence-corrected chi connectivity index (χ0v) is 16.6. The summed E-state index contributed by atoms with van der Waals surface area (Å²) in [6.07, 6.45) is 0. The Bertz CT molecular complexity index is 671. The number of nitrogens with one attached hydrogen (secondary N) is 2. The Hall–Kier alpha value is -1.67. The van der Waals surface area contributed by atoms with E-state index in [4.69, 9.17) is 21.7 Å². The monoisotopic (exact) mass is 391 g/mol. The minimum absolute atomic E-state index is 0.319. The minimum atomic E-state index is 0.319. The molecule has 0 bridgehead atoms. The van der Waals surface area contributed by atoms with Crippen LogP contribution < -0.4 is 15.4 Å². The van der Waals surface area contributed by atoms with Gasteiger partial charge in [0.25, 0.3) is 0 Å². The molecule has 1 aromatic carbocycles. The first-order valence-corrected chi connectivity index (χ1v) is 10.0. The highest BCUT2D eigenvalue weighted by Gasteiger charge is 2.23. The van der Waals surface area contributed by atoms with Gasteiger partial charge in [-0.1, -0.05) is 18.2 Å². The van der Waals surface area contributed by atoms with Gasteiger partial charge in [-0.15, -0.1) is 11.3 Å². The molecule has 0 radical (unpaired) electrons. The molecular formula is C19H25N3O2S2. The van der Waals surface area contributed by atoms with Crippen LogP contribution in [-0.2, 0) is 11.3 Å². The van der Waals surface area contributed by atoms with Crippen molar-refractivity contribution in [1.29, 1.82) is 0 Å². The van der Waals surface area contributed by atoms with E-state index in [9.17, 15) is 0 Å². The van der Waals surface area contributed by atoms with Crippen molar-refractivity contribution in [3.63, 3.8) is 0 Å². The number of methoxy groups -OCH3 is 1. The van der Waals surface area contributed by atoms with E-state index < -0.39 is 0 Å². The standard InChI is InChI=1S/C19H25N3O2S2/c1-23-16-6-4-15(5-7-16)13-20-19(25)21-14-17(18-3-2-12-26-18)22-8-10-24-11-9-22/h2-7,12,17H,8-11,13-14H2,1H3,(H2,20,21,25)/t17-/m1/s1. The molecule has 0 amide bonds. The Morgan fingerprint density at radius 1 is 1.23 bits per heavy atom. The second kappa shape index (κ2) is 9.87. The highest BCUT2D eigenvalue weighted by molar-refractivity contribution is 7.80. The fraction of sp³-hybridized carbons (Fsp3) is 0.421. The maximum Gasteiger partial charge on any atom is 0.166 e. The molecule has 2 N–H and O–H groups in total. The van der Waals surface area contributed by atoms with Crippen LogP contribution in [0, 0.1) is 0 Å². The summed E-state index contributed by atoms with van der Waals surface area (Å²) in [7, 11) is 1.67. The van der Waals surface area contributed by atoms with Gasteiger partial charge in [-0.2, -0.15) is 0 Å². The minimum Gasteiger partial charge on any atom is -0.497 e. The predicted octanol–water partition coefficient (Wildman–Crippen LogP) is 2.79. The Morgan fingerprint density at radius 2 is 2.00 bits per heavy atom. The highest BCUT2D eigenvalue weighted by Crippen LogP contribution is 2.25. The smallest absolute Gasteiger partial charge is 0.166 e. The van der Waals surface area contributed by atoms with Gasteiger partial charge in [-0.05, 0) is 41.4 Å². The van der Waals surface area contributed by atoms with E-state index in [1.165, 1.54) is 4.88 Å². The molecule has 1 saturated heterocycles. The lowest BCUT2D eigenvalue weighted by atomic mass is 10.2. The predicted molar refractivity (Wildman–Crippen MR) is 110 cm³/mol. The Morgan fingerprint density at radius 3 is 2.65 bits per heavy atom. The van der Waals surface area contributed by atoms with Gasteiger partial charge in [0.05, 0.1) is 26.4 Å². The van der Waals surface area contributed by atoms with Crippen LogP contribution in [-0.4, -0.2) is 50.0 Å². The number of benzene rings is 1. The summed E-state index contributed by atoms with van der Waals surface area (Å²) in [4.78, 5) is 3.83. The molecule has 140 valence electrons. The summed E-state index contributed by atoms with van der Waals surface area (Å²) in [6.45, 7) is 4.97. The third kappa shape index (κ3) is 5.41. The number of morpholine rings is 1. The van der Waals surface area contributed by atoms with Crippen LogP contribution in [0.2, 0.25) is 0 Å². The summed E-state index contributed by atoms with van der Waals surface area (Å²) >= 11 is 7.26. The first-order chi connectivity index (χ1) is 12.8. The zero-order chi connectivity index (χ0) is 18.2. The van der Waals surface area contributed by atoms with E-state index in [-0.39, 0.29) is 0 Å². The van der Waals surface area contributed by atoms with Crippen LogP contribution in [0.5, 0.6) is 5.75 Å². The highest BCUT2D eigenvalue weighted by atomic mass is 32.1. The summed E-state index contributed by atoms with van der Waals surface area (Å²) in [5.41, 5.74) is 1.16. The van der Waals surface area contributed by atoms with E-state index in [1.54, 1.807) is 18.4 Å². The number of hydrogen-bond donors (Lipinski definition) is 2. The Kier molecular flexibility index (Phi) is 7.25. The lowest BCUT2D eigenvalue weighted by Crippen LogP contribution is -2.45. The normalized spacial score (nSPS) is 16.0. The van der Waals surface area contributed by atoms with E-state index in [0.717, 1.165) is 44.2 Å². The van der Waals surface area contributed by atoms with Gasteiger partial charge >= 0.3 is 0 Å². The molecule has 1 aromatic heterocycles. The second-order valence-corrected chi connectivity index (χ2v) is 7.48. The van der Waals surface area contributed by atoms with Crippen molar-refractivity contribution in [2.75, 3.05) is 40.0 Å². The number of rotatable bonds is 7.